The Morgan fingerprint density at radius 3 is 2.90 bits per heavy atom. The summed E-state index contributed by atoms with van der Waals surface area (Å²) < 4.78 is 17.4. The minimum Gasteiger partial charge on any atom is -0.331 e. The third kappa shape index (κ3) is 2.66. The third-order valence-corrected chi connectivity index (χ3v) is 5.48. The van der Waals surface area contributed by atoms with E-state index in [1.54, 1.807) is 6.07 Å². The number of benzene rings is 1. The van der Waals surface area contributed by atoms with Crippen LogP contribution in [-0.4, -0.2) is 9.55 Å². The van der Waals surface area contributed by atoms with E-state index < -0.39 is 0 Å². The first-order valence-electron chi connectivity index (χ1n) is 7.15. The van der Waals surface area contributed by atoms with Crippen molar-refractivity contribution in [2.45, 2.75) is 45.1 Å². The number of halogens is 2. The van der Waals surface area contributed by atoms with Crippen LogP contribution in [0.2, 0.25) is 0 Å². The van der Waals surface area contributed by atoms with Crippen LogP contribution in [0.15, 0.2) is 12.1 Å². The van der Waals surface area contributed by atoms with Crippen LogP contribution in [0.25, 0.3) is 11.0 Å². The molecule has 1 aliphatic carbocycles. The van der Waals surface area contributed by atoms with Crippen molar-refractivity contribution >= 4 is 45.8 Å². The Balaban J connectivity index is 2.08. The Bertz CT molecular complexity index is 691. The van der Waals surface area contributed by atoms with Gasteiger partial charge < -0.3 is 9.55 Å². The molecule has 0 aliphatic heterocycles. The summed E-state index contributed by atoms with van der Waals surface area (Å²) in [7, 11) is 0. The number of aromatic nitrogens is 2. The van der Waals surface area contributed by atoms with Crippen molar-refractivity contribution in [1.82, 2.24) is 9.55 Å². The van der Waals surface area contributed by atoms with Crippen molar-refractivity contribution in [3.63, 3.8) is 0 Å². The van der Waals surface area contributed by atoms with Crippen LogP contribution in [-0.2, 0) is 0 Å². The number of nitrogens with zero attached hydrogens (tertiary/aromatic N) is 1. The van der Waals surface area contributed by atoms with Crippen molar-refractivity contribution in [3.8, 4) is 0 Å². The molecule has 2 unspecified atom stereocenters. The first-order chi connectivity index (χ1) is 9.56. The van der Waals surface area contributed by atoms with Crippen LogP contribution >= 0.6 is 34.8 Å². The van der Waals surface area contributed by atoms with Gasteiger partial charge in [0.1, 0.15) is 5.82 Å². The third-order valence-electron chi connectivity index (χ3n) is 4.35. The highest BCUT2D eigenvalue weighted by molar-refractivity contribution is 14.1. The van der Waals surface area contributed by atoms with Gasteiger partial charge in [-0.25, -0.2) is 4.39 Å². The van der Waals surface area contributed by atoms with Gasteiger partial charge >= 0.3 is 0 Å². The van der Waals surface area contributed by atoms with E-state index in [-0.39, 0.29) is 5.82 Å². The molecule has 1 saturated carbocycles. The molecule has 1 aromatic heterocycles. The lowest BCUT2D eigenvalue weighted by atomic mass is 10.0. The molecule has 0 spiro atoms. The lowest BCUT2D eigenvalue weighted by Gasteiger charge is -2.17. The highest BCUT2D eigenvalue weighted by Gasteiger charge is 2.20. The molecule has 5 heteroatoms. The average Bonchev–Trinajstić information content (AvgIpc) is 2.57. The fourth-order valence-corrected chi connectivity index (χ4v) is 4.03. The van der Waals surface area contributed by atoms with Crippen LogP contribution in [0, 0.1) is 20.1 Å². The van der Waals surface area contributed by atoms with Crippen LogP contribution in [0.3, 0.4) is 0 Å². The van der Waals surface area contributed by atoms with E-state index in [0.717, 1.165) is 34.6 Å². The van der Waals surface area contributed by atoms with Gasteiger partial charge in [0.2, 0.25) is 0 Å². The van der Waals surface area contributed by atoms with Gasteiger partial charge in [0, 0.05) is 12.1 Å². The maximum atomic E-state index is 13.9. The zero-order valence-corrected chi connectivity index (χ0v) is 14.4. The molecule has 0 radical (unpaired) electrons. The highest BCUT2D eigenvalue weighted by atomic mass is 127. The molecule has 0 bridgehead atoms. The zero-order valence-electron chi connectivity index (χ0n) is 11.5. The zero-order chi connectivity index (χ0) is 14.3. The monoisotopic (exact) mass is 404 g/mol. The maximum Gasteiger partial charge on any atom is 0.178 e. The molecule has 20 heavy (non-hydrogen) atoms. The minimum absolute atomic E-state index is 0.164. The summed E-state index contributed by atoms with van der Waals surface area (Å²) in [6.07, 6.45) is 6.02. The Hall–Kier alpha value is -0.430. The van der Waals surface area contributed by atoms with Gasteiger partial charge in [-0.05, 0) is 66.1 Å². The Kier molecular flexibility index (Phi) is 4.17. The molecular formula is C15H18FIN2S. The smallest absolute Gasteiger partial charge is 0.178 e. The second-order valence-corrected chi connectivity index (χ2v) is 7.40. The summed E-state index contributed by atoms with van der Waals surface area (Å²) >= 11 is 7.49. The lowest BCUT2D eigenvalue weighted by Crippen LogP contribution is -2.08. The van der Waals surface area contributed by atoms with Gasteiger partial charge in [-0.1, -0.05) is 19.8 Å². The van der Waals surface area contributed by atoms with E-state index >= 15 is 0 Å². The number of aromatic amines is 1. The number of nitrogens with one attached hydrogen (secondary N) is 1. The van der Waals surface area contributed by atoms with Gasteiger partial charge in [0.05, 0.1) is 14.6 Å². The molecular weight excluding hydrogens is 386 g/mol. The number of hydrogen-bond donors (Lipinski definition) is 1. The molecule has 108 valence electrons. The first-order valence-corrected chi connectivity index (χ1v) is 8.64. The number of rotatable bonds is 1. The topological polar surface area (TPSA) is 20.7 Å². The quantitative estimate of drug-likeness (QED) is 0.374. The van der Waals surface area contributed by atoms with Crippen LogP contribution < -0.4 is 0 Å². The van der Waals surface area contributed by atoms with E-state index in [2.05, 4.69) is 16.5 Å². The van der Waals surface area contributed by atoms with E-state index in [1.165, 1.54) is 19.3 Å². The Morgan fingerprint density at radius 2 is 2.10 bits per heavy atom. The van der Waals surface area contributed by atoms with E-state index in [9.17, 15) is 4.39 Å². The van der Waals surface area contributed by atoms with Gasteiger partial charge in [0.25, 0.3) is 0 Å². The molecule has 1 aliphatic rings. The maximum absolute atomic E-state index is 13.9. The summed E-state index contributed by atoms with van der Waals surface area (Å²) in [5.74, 6) is 0.625. The molecule has 1 heterocycles. The number of imidazole rings is 1. The van der Waals surface area contributed by atoms with E-state index in [4.69, 9.17) is 12.2 Å². The normalized spacial score (nSPS) is 23.9. The summed E-state index contributed by atoms with van der Waals surface area (Å²) in [6, 6.07) is 3.87. The molecule has 2 atom stereocenters. The van der Waals surface area contributed by atoms with Crippen molar-refractivity contribution in [1.29, 1.82) is 0 Å². The lowest BCUT2D eigenvalue weighted by molar-refractivity contribution is 0.437. The first kappa shape index (κ1) is 14.5. The number of hydrogen-bond acceptors (Lipinski definition) is 1. The van der Waals surface area contributed by atoms with Crippen molar-refractivity contribution < 1.29 is 4.39 Å². The van der Waals surface area contributed by atoms with Gasteiger partial charge in [-0.3, -0.25) is 0 Å². The molecule has 0 saturated heterocycles. The molecule has 3 rings (SSSR count). The molecule has 1 aromatic carbocycles. The summed E-state index contributed by atoms with van der Waals surface area (Å²) in [4.78, 5) is 3.23. The van der Waals surface area contributed by atoms with Crippen molar-refractivity contribution in [3.05, 3.63) is 26.3 Å². The molecule has 1 N–H and O–H groups in total. The Labute approximate surface area is 136 Å². The predicted octanol–water partition coefficient (Wildman–Crippen LogP) is 5.58. The fourth-order valence-electron chi connectivity index (χ4n) is 3.21. The number of H-pyrrole nitrogens is 1. The van der Waals surface area contributed by atoms with Crippen LogP contribution in [0.4, 0.5) is 4.39 Å². The molecule has 2 aromatic rings. The summed E-state index contributed by atoms with van der Waals surface area (Å²) in [5.41, 5.74) is 1.85. The van der Waals surface area contributed by atoms with Crippen LogP contribution in [0.1, 0.15) is 45.1 Å². The fraction of sp³-hybridized carbons (Fsp3) is 0.533. The van der Waals surface area contributed by atoms with E-state index in [0.29, 0.717) is 9.61 Å². The SMILES string of the molecule is CC1CCCC(n2c(=S)[nH]c3cc(I)c(F)cc32)CC1. The highest BCUT2D eigenvalue weighted by Crippen LogP contribution is 2.33. The molecule has 0 amide bonds. The van der Waals surface area contributed by atoms with Crippen molar-refractivity contribution in [2.24, 2.45) is 5.92 Å². The summed E-state index contributed by atoms with van der Waals surface area (Å²) in [5, 5.41) is 0. The molecule has 1 fully saturated rings. The van der Waals surface area contributed by atoms with Crippen LogP contribution in [0.5, 0.6) is 0 Å². The van der Waals surface area contributed by atoms with Gasteiger partial charge in [0.15, 0.2) is 4.77 Å². The number of fused-ring (bicyclic) bond motifs is 1. The van der Waals surface area contributed by atoms with Gasteiger partial charge in [-0.15, -0.1) is 0 Å². The second kappa shape index (κ2) is 5.75. The Morgan fingerprint density at radius 1 is 1.30 bits per heavy atom. The second-order valence-electron chi connectivity index (χ2n) is 5.85. The minimum atomic E-state index is -0.164. The average molecular weight is 404 g/mol. The largest absolute Gasteiger partial charge is 0.331 e. The van der Waals surface area contributed by atoms with Crippen molar-refractivity contribution in [2.75, 3.05) is 0 Å². The standard InChI is InChI=1S/C15H18FIN2S/c1-9-3-2-4-10(6-5-9)19-14-7-11(16)12(17)8-13(14)18-15(19)20/h7-10H,2-6H2,1H3,(H,18,20). The predicted molar refractivity (Wildman–Crippen MR) is 91.1 cm³/mol. The van der Waals surface area contributed by atoms with Gasteiger partial charge in [-0.2, -0.15) is 0 Å². The van der Waals surface area contributed by atoms with E-state index in [1.807, 2.05) is 28.7 Å². The summed E-state index contributed by atoms with van der Waals surface area (Å²) in [6.45, 7) is 2.32. The molecule has 2 nitrogen and oxygen atoms in total.